The first-order valence-electron chi connectivity index (χ1n) is 6.97. The zero-order chi connectivity index (χ0) is 17.6. The molecule has 9 nitrogen and oxygen atoms in total. The van der Waals surface area contributed by atoms with Gasteiger partial charge in [-0.3, -0.25) is 19.2 Å². The third kappa shape index (κ3) is 6.23. The Morgan fingerprint density at radius 1 is 0.652 bits per heavy atom. The summed E-state index contributed by atoms with van der Waals surface area (Å²) in [5.41, 5.74) is 0. The van der Waals surface area contributed by atoms with Gasteiger partial charge in [-0.2, -0.15) is 0 Å². The maximum absolute atomic E-state index is 11.4. The Kier molecular flexibility index (Phi) is 6.95. The summed E-state index contributed by atoms with van der Waals surface area (Å²) < 4.78 is 25.8. The molecule has 9 heteroatoms. The molecule has 0 saturated carbocycles. The number of hydrogen-bond donors (Lipinski definition) is 0. The molecule has 0 bridgehead atoms. The lowest BCUT2D eigenvalue weighted by Gasteiger charge is -2.31. The summed E-state index contributed by atoms with van der Waals surface area (Å²) in [6, 6.07) is 0. The normalized spacial score (nSPS) is 27.3. The molecule has 0 aliphatic carbocycles. The summed E-state index contributed by atoms with van der Waals surface area (Å²) in [6.45, 7) is 4.46. The molecule has 1 heterocycles. The zero-order valence-corrected chi connectivity index (χ0v) is 13.4. The molecule has 1 aliphatic heterocycles. The molecule has 0 radical (unpaired) electrons. The molecule has 0 amide bonds. The predicted molar refractivity (Wildman–Crippen MR) is 73.0 cm³/mol. The van der Waals surface area contributed by atoms with E-state index in [4.69, 9.17) is 23.7 Å². The zero-order valence-electron chi connectivity index (χ0n) is 13.4. The van der Waals surface area contributed by atoms with E-state index in [1.165, 1.54) is 13.8 Å². The number of carbonyl (C=O) groups is 4. The molecule has 1 fully saturated rings. The Hall–Kier alpha value is -2.16. The van der Waals surface area contributed by atoms with Crippen molar-refractivity contribution in [2.24, 2.45) is 0 Å². The minimum atomic E-state index is -1.16. The number of ether oxygens (including phenoxy) is 5. The summed E-state index contributed by atoms with van der Waals surface area (Å²) in [4.78, 5) is 45.2. The van der Waals surface area contributed by atoms with Crippen molar-refractivity contribution < 1.29 is 42.9 Å². The van der Waals surface area contributed by atoms with Crippen LogP contribution in [0.4, 0.5) is 0 Å². The van der Waals surface area contributed by atoms with Crippen LogP contribution in [-0.2, 0) is 42.9 Å². The summed E-state index contributed by atoms with van der Waals surface area (Å²) in [5, 5.41) is 0. The molecule has 1 rings (SSSR count). The Labute approximate surface area is 133 Å². The highest BCUT2D eigenvalue weighted by Crippen LogP contribution is 2.23. The fourth-order valence-corrected chi connectivity index (χ4v) is 2.21. The van der Waals surface area contributed by atoms with Crippen LogP contribution in [0.25, 0.3) is 0 Å². The average Bonchev–Trinajstić information content (AvgIpc) is 2.51. The lowest BCUT2D eigenvalue weighted by molar-refractivity contribution is -0.193. The summed E-state index contributed by atoms with van der Waals surface area (Å²) in [7, 11) is 0. The molecule has 0 unspecified atom stereocenters. The van der Waals surface area contributed by atoms with E-state index in [2.05, 4.69) is 0 Å². The van der Waals surface area contributed by atoms with Crippen LogP contribution in [0.2, 0.25) is 0 Å². The Balaban J connectivity index is 3.13. The standard InChI is InChI=1S/C14H20O9/c1-7(15)20-11-5-19-6-12(21-8(2)16)14(23-10(4)18)13(11)22-9(3)17/h11-14H,5-6H2,1-4H3/t11-,12-,13-,14-/m1/s1. The molecule has 0 aromatic carbocycles. The molecule has 130 valence electrons. The van der Waals surface area contributed by atoms with Gasteiger partial charge in [-0.1, -0.05) is 0 Å². The highest BCUT2D eigenvalue weighted by atomic mass is 16.6. The van der Waals surface area contributed by atoms with E-state index >= 15 is 0 Å². The lowest BCUT2D eigenvalue weighted by atomic mass is 10.0. The molecule has 4 atom stereocenters. The van der Waals surface area contributed by atoms with Gasteiger partial charge in [0.15, 0.2) is 24.4 Å². The van der Waals surface area contributed by atoms with Gasteiger partial charge < -0.3 is 23.7 Å². The summed E-state index contributed by atoms with van der Waals surface area (Å²) >= 11 is 0. The average molecular weight is 332 g/mol. The molecule has 0 spiro atoms. The molecular formula is C14H20O9. The van der Waals surface area contributed by atoms with Gasteiger partial charge in [-0.15, -0.1) is 0 Å². The molecule has 0 aromatic heterocycles. The van der Waals surface area contributed by atoms with Crippen molar-refractivity contribution in [2.75, 3.05) is 13.2 Å². The third-order valence-electron chi connectivity index (χ3n) is 2.86. The van der Waals surface area contributed by atoms with Gasteiger partial charge in [0.25, 0.3) is 0 Å². The summed E-state index contributed by atoms with van der Waals surface area (Å²) in [5.74, 6) is -2.59. The predicted octanol–water partition coefficient (Wildman–Crippen LogP) is -0.257. The van der Waals surface area contributed by atoms with E-state index in [0.717, 1.165) is 13.8 Å². The lowest BCUT2D eigenvalue weighted by Crippen LogP contribution is -2.51. The number of esters is 4. The molecular weight excluding hydrogens is 312 g/mol. The van der Waals surface area contributed by atoms with E-state index in [0.29, 0.717) is 0 Å². The molecule has 0 N–H and O–H groups in total. The van der Waals surface area contributed by atoms with Gasteiger partial charge in [0, 0.05) is 27.7 Å². The van der Waals surface area contributed by atoms with Gasteiger partial charge in [-0.25, -0.2) is 0 Å². The maximum atomic E-state index is 11.4. The molecule has 1 aliphatic rings. The second kappa shape index (κ2) is 8.47. The number of rotatable bonds is 4. The van der Waals surface area contributed by atoms with Crippen molar-refractivity contribution in [3.05, 3.63) is 0 Å². The van der Waals surface area contributed by atoms with Crippen LogP contribution in [0.1, 0.15) is 27.7 Å². The highest BCUT2D eigenvalue weighted by molar-refractivity contribution is 5.69. The van der Waals surface area contributed by atoms with Crippen LogP contribution in [0.5, 0.6) is 0 Å². The molecule has 0 aromatic rings. The summed E-state index contributed by atoms with van der Waals surface area (Å²) in [6.07, 6.45) is -4.32. The van der Waals surface area contributed by atoms with Crippen molar-refractivity contribution in [3.8, 4) is 0 Å². The van der Waals surface area contributed by atoms with Gasteiger partial charge in [0.2, 0.25) is 0 Å². The monoisotopic (exact) mass is 332 g/mol. The smallest absolute Gasteiger partial charge is 0.303 e. The van der Waals surface area contributed by atoms with Crippen molar-refractivity contribution in [3.63, 3.8) is 0 Å². The topological polar surface area (TPSA) is 114 Å². The number of hydrogen-bond acceptors (Lipinski definition) is 9. The first kappa shape index (κ1) is 18.9. The Morgan fingerprint density at radius 3 is 1.22 bits per heavy atom. The van der Waals surface area contributed by atoms with Crippen LogP contribution in [0.15, 0.2) is 0 Å². The van der Waals surface area contributed by atoms with Crippen molar-refractivity contribution in [1.82, 2.24) is 0 Å². The van der Waals surface area contributed by atoms with E-state index in [1.54, 1.807) is 0 Å². The maximum Gasteiger partial charge on any atom is 0.303 e. The second-order valence-corrected chi connectivity index (χ2v) is 4.98. The van der Waals surface area contributed by atoms with Gasteiger partial charge >= 0.3 is 23.9 Å². The fraction of sp³-hybridized carbons (Fsp3) is 0.714. The van der Waals surface area contributed by atoms with E-state index in [9.17, 15) is 19.2 Å². The quantitative estimate of drug-likeness (QED) is 0.507. The molecule has 1 saturated heterocycles. The first-order valence-corrected chi connectivity index (χ1v) is 6.97. The van der Waals surface area contributed by atoms with Gasteiger partial charge in [-0.05, 0) is 0 Å². The SMILES string of the molecule is CC(=O)O[C@H]1[C@H](OC(C)=O)[C@H](OC(C)=O)COC[C@H]1OC(C)=O. The minimum absolute atomic E-state index is 0.104. The van der Waals surface area contributed by atoms with Crippen molar-refractivity contribution in [2.45, 2.75) is 52.1 Å². The van der Waals surface area contributed by atoms with E-state index < -0.39 is 48.3 Å². The van der Waals surface area contributed by atoms with E-state index in [-0.39, 0.29) is 13.2 Å². The van der Waals surface area contributed by atoms with Crippen molar-refractivity contribution in [1.29, 1.82) is 0 Å². The third-order valence-corrected chi connectivity index (χ3v) is 2.86. The Morgan fingerprint density at radius 2 is 0.957 bits per heavy atom. The highest BCUT2D eigenvalue weighted by Gasteiger charge is 2.45. The van der Waals surface area contributed by atoms with Crippen LogP contribution in [-0.4, -0.2) is 61.5 Å². The van der Waals surface area contributed by atoms with E-state index in [1.807, 2.05) is 0 Å². The van der Waals surface area contributed by atoms with Gasteiger partial charge in [0.1, 0.15) is 0 Å². The first-order chi connectivity index (χ1) is 10.7. The van der Waals surface area contributed by atoms with Crippen LogP contribution in [0, 0.1) is 0 Å². The minimum Gasteiger partial charge on any atom is -0.456 e. The van der Waals surface area contributed by atoms with Crippen LogP contribution >= 0.6 is 0 Å². The largest absolute Gasteiger partial charge is 0.456 e. The van der Waals surface area contributed by atoms with Gasteiger partial charge in [0.05, 0.1) is 13.2 Å². The number of carbonyl (C=O) groups excluding carboxylic acids is 4. The van der Waals surface area contributed by atoms with Crippen LogP contribution < -0.4 is 0 Å². The second-order valence-electron chi connectivity index (χ2n) is 4.98. The van der Waals surface area contributed by atoms with Crippen molar-refractivity contribution >= 4 is 23.9 Å². The molecule has 23 heavy (non-hydrogen) atoms. The van der Waals surface area contributed by atoms with Crippen LogP contribution in [0.3, 0.4) is 0 Å². The fourth-order valence-electron chi connectivity index (χ4n) is 2.21. The Bertz CT molecular complexity index is 431.